The van der Waals surface area contributed by atoms with E-state index < -0.39 is 10.0 Å². The van der Waals surface area contributed by atoms with Crippen LogP contribution >= 0.6 is 0 Å². The quantitative estimate of drug-likeness (QED) is 0.763. The lowest BCUT2D eigenvalue weighted by Gasteiger charge is -2.45. The minimum absolute atomic E-state index is 0.124. The predicted molar refractivity (Wildman–Crippen MR) is 108 cm³/mol. The third-order valence-corrected chi connectivity index (χ3v) is 7.57. The molecule has 2 aliphatic rings. The standard InChI is InChI=1S/C19H28N4O4S/c1-4-21(5-2)28(26,27)14-9-10-15-17(12-14)23(13-18(24)20-3)19(25)16-8-6-7-11-22(15)16/h9-10,12,16H,4-8,11,13H2,1-3H3,(H,20,24)/t16-/m1/s1. The van der Waals surface area contributed by atoms with Gasteiger partial charge in [-0.15, -0.1) is 0 Å². The molecule has 8 nitrogen and oxygen atoms in total. The van der Waals surface area contributed by atoms with Crippen molar-refractivity contribution in [2.45, 2.75) is 44.0 Å². The SMILES string of the molecule is CCN(CC)S(=O)(=O)c1ccc2c(c1)N(CC(=O)NC)C(=O)[C@H]1CCCCN21. The summed E-state index contributed by atoms with van der Waals surface area (Å²) in [5.74, 6) is -0.436. The first kappa shape index (κ1) is 20.6. The molecular weight excluding hydrogens is 380 g/mol. The number of likely N-dealkylation sites (N-methyl/N-ethyl adjacent to an activating group) is 1. The van der Waals surface area contributed by atoms with Crippen LogP contribution in [0.5, 0.6) is 0 Å². The van der Waals surface area contributed by atoms with E-state index >= 15 is 0 Å². The highest BCUT2D eigenvalue weighted by molar-refractivity contribution is 7.89. The summed E-state index contributed by atoms with van der Waals surface area (Å²) in [7, 11) is -2.14. The van der Waals surface area contributed by atoms with E-state index in [1.807, 2.05) is 0 Å². The van der Waals surface area contributed by atoms with Crippen LogP contribution in [0.3, 0.4) is 0 Å². The summed E-state index contributed by atoms with van der Waals surface area (Å²) in [6.45, 7) is 4.94. The molecule has 0 aliphatic carbocycles. The highest BCUT2D eigenvalue weighted by Crippen LogP contribution is 2.40. The molecule has 1 atom stereocenters. The van der Waals surface area contributed by atoms with Crippen molar-refractivity contribution in [1.82, 2.24) is 9.62 Å². The second-order valence-corrected chi connectivity index (χ2v) is 8.98. The third kappa shape index (κ3) is 3.48. The van der Waals surface area contributed by atoms with Gasteiger partial charge in [-0.1, -0.05) is 13.8 Å². The van der Waals surface area contributed by atoms with E-state index in [1.165, 1.54) is 22.3 Å². The Labute approximate surface area is 166 Å². The molecule has 1 fully saturated rings. The van der Waals surface area contributed by atoms with Gasteiger partial charge in [-0.05, 0) is 37.5 Å². The van der Waals surface area contributed by atoms with Crippen molar-refractivity contribution in [1.29, 1.82) is 0 Å². The van der Waals surface area contributed by atoms with Crippen LogP contribution in [-0.2, 0) is 19.6 Å². The zero-order chi connectivity index (χ0) is 20.5. The number of nitrogens with zero attached hydrogens (tertiary/aromatic N) is 3. The zero-order valence-electron chi connectivity index (χ0n) is 16.6. The number of piperidine rings is 1. The molecule has 0 aromatic heterocycles. The van der Waals surface area contributed by atoms with Gasteiger partial charge < -0.3 is 10.2 Å². The van der Waals surface area contributed by atoms with Gasteiger partial charge in [0.25, 0.3) is 0 Å². The van der Waals surface area contributed by atoms with E-state index in [-0.39, 0.29) is 29.3 Å². The number of amides is 2. The van der Waals surface area contributed by atoms with Gasteiger partial charge in [-0.3, -0.25) is 14.5 Å². The fraction of sp³-hybridized carbons (Fsp3) is 0.579. The van der Waals surface area contributed by atoms with Gasteiger partial charge in [0.1, 0.15) is 12.6 Å². The van der Waals surface area contributed by atoms with Crippen LogP contribution in [0.2, 0.25) is 0 Å². The van der Waals surface area contributed by atoms with Crippen LogP contribution < -0.4 is 15.1 Å². The first-order valence-corrected chi connectivity index (χ1v) is 11.2. The second kappa shape index (κ2) is 8.08. The van der Waals surface area contributed by atoms with Gasteiger partial charge >= 0.3 is 0 Å². The minimum atomic E-state index is -3.66. The van der Waals surface area contributed by atoms with Crippen molar-refractivity contribution in [3.8, 4) is 0 Å². The summed E-state index contributed by atoms with van der Waals surface area (Å²) in [5, 5.41) is 2.54. The Morgan fingerprint density at radius 1 is 1.21 bits per heavy atom. The number of rotatable bonds is 6. The van der Waals surface area contributed by atoms with Crippen LogP contribution in [0.4, 0.5) is 11.4 Å². The smallest absolute Gasteiger partial charge is 0.250 e. The van der Waals surface area contributed by atoms with Crippen LogP contribution in [0.1, 0.15) is 33.1 Å². The third-order valence-electron chi connectivity index (χ3n) is 5.52. The topological polar surface area (TPSA) is 90.0 Å². The van der Waals surface area contributed by atoms with Gasteiger partial charge in [0.15, 0.2) is 0 Å². The molecule has 1 N–H and O–H groups in total. The number of hydrogen-bond acceptors (Lipinski definition) is 5. The molecule has 0 unspecified atom stereocenters. The van der Waals surface area contributed by atoms with Gasteiger partial charge in [-0.25, -0.2) is 8.42 Å². The number of anilines is 2. The number of benzene rings is 1. The summed E-state index contributed by atoms with van der Waals surface area (Å²) in [6, 6.07) is 4.62. The Balaban J connectivity index is 2.11. The molecule has 28 heavy (non-hydrogen) atoms. The van der Waals surface area contributed by atoms with Crippen LogP contribution in [-0.4, -0.2) is 63.8 Å². The summed E-state index contributed by atoms with van der Waals surface area (Å²) in [4.78, 5) is 28.8. The lowest BCUT2D eigenvalue weighted by molar-refractivity contribution is -0.124. The first-order chi connectivity index (χ1) is 13.3. The number of sulfonamides is 1. The summed E-state index contributed by atoms with van der Waals surface area (Å²) < 4.78 is 27.3. The van der Waals surface area contributed by atoms with Crippen molar-refractivity contribution in [2.75, 3.05) is 43.0 Å². The molecule has 1 aromatic rings. The summed E-state index contributed by atoms with van der Waals surface area (Å²) >= 11 is 0. The predicted octanol–water partition coefficient (Wildman–Crippen LogP) is 1.17. The Bertz CT molecular complexity index is 867. The molecular formula is C19H28N4O4S. The van der Waals surface area contributed by atoms with E-state index in [2.05, 4.69) is 10.2 Å². The molecule has 154 valence electrons. The van der Waals surface area contributed by atoms with Gasteiger partial charge in [0, 0.05) is 26.7 Å². The van der Waals surface area contributed by atoms with Crippen molar-refractivity contribution in [3.63, 3.8) is 0 Å². The average Bonchev–Trinajstić information content (AvgIpc) is 2.71. The lowest BCUT2D eigenvalue weighted by atomic mass is 9.96. The minimum Gasteiger partial charge on any atom is -0.358 e. The Kier molecular flexibility index (Phi) is 5.95. The molecule has 0 bridgehead atoms. The molecule has 9 heteroatoms. The molecule has 2 amide bonds. The fourth-order valence-corrected chi connectivity index (χ4v) is 5.47. The average molecular weight is 409 g/mol. The molecule has 2 heterocycles. The van der Waals surface area contributed by atoms with E-state index in [4.69, 9.17) is 0 Å². The maximum Gasteiger partial charge on any atom is 0.250 e. The molecule has 0 radical (unpaired) electrons. The fourth-order valence-electron chi connectivity index (χ4n) is 4.00. The zero-order valence-corrected chi connectivity index (χ0v) is 17.5. The van der Waals surface area contributed by atoms with E-state index in [0.717, 1.165) is 31.5 Å². The Morgan fingerprint density at radius 3 is 2.57 bits per heavy atom. The molecule has 1 aromatic carbocycles. The van der Waals surface area contributed by atoms with Gasteiger partial charge in [-0.2, -0.15) is 4.31 Å². The largest absolute Gasteiger partial charge is 0.358 e. The van der Waals surface area contributed by atoms with Crippen molar-refractivity contribution < 1.29 is 18.0 Å². The highest BCUT2D eigenvalue weighted by atomic mass is 32.2. The lowest BCUT2D eigenvalue weighted by Crippen LogP contribution is -2.57. The van der Waals surface area contributed by atoms with Crippen molar-refractivity contribution in [2.24, 2.45) is 0 Å². The van der Waals surface area contributed by atoms with E-state index in [9.17, 15) is 18.0 Å². The normalized spacial score (nSPS) is 19.4. The number of carbonyl (C=O) groups is 2. The molecule has 1 saturated heterocycles. The number of hydrogen-bond donors (Lipinski definition) is 1. The Morgan fingerprint density at radius 2 is 1.93 bits per heavy atom. The van der Waals surface area contributed by atoms with Gasteiger partial charge in [0.05, 0.1) is 16.3 Å². The number of carbonyl (C=O) groups excluding carboxylic acids is 2. The maximum atomic E-state index is 13.1. The highest BCUT2D eigenvalue weighted by Gasteiger charge is 2.40. The summed E-state index contributed by atoms with van der Waals surface area (Å²) in [5.41, 5.74) is 1.30. The van der Waals surface area contributed by atoms with E-state index in [1.54, 1.807) is 26.0 Å². The van der Waals surface area contributed by atoms with E-state index in [0.29, 0.717) is 18.8 Å². The van der Waals surface area contributed by atoms with Crippen LogP contribution in [0, 0.1) is 0 Å². The molecule has 0 saturated carbocycles. The monoisotopic (exact) mass is 408 g/mol. The number of nitrogens with one attached hydrogen (secondary N) is 1. The van der Waals surface area contributed by atoms with Crippen LogP contribution in [0.25, 0.3) is 0 Å². The maximum absolute atomic E-state index is 13.1. The second-order valence-electron chi connectivity index (χ2n) is 7.04. The summed E-state index contributed by atoms with van der Waals surface area (Å²) in [6.07, 6.45) is 2.69. The van der Waals surface area contributed by atoms with Crippen molar-refractivity contribution in [3.05, 3.63) is 18.2 Å². The number of fused-ring (bicyclic) bond motifs is 3. The Hall–Kier alpha value is -2.13. The molecule has 2 aliphatic heterocycles. The van der Waals surface area contributed by atoms with Crippen LogP contribution in [0.15, 0.2) is 23.1 Å². The first-order valence-electron chi connectivity index (χ1n) is 9.77. The molecule has 0 spiro atoms. The van der Waals surface area contributed by atoms with Gasteiger partial charge in [0.2, 0.25) is 21.8 Å². The van der Waals surface area contributed by atoms with Crippen molar-refractivity contribution >= 4 is 33.2 Å². The molecule has 3 rings (SSSR count).